The van der Waals surface area contributed by atoms with E-state index in [1.807, 2.05) is 6.07 Å². The smallest absolute Gasteiger partial charge is 0.481 e. The number of anilines is 1. The number of aromatic nitrogens is 2. The number of halogens is 3. The minimum atomic E-state index is -5.08. The first-order chi connectivity index (χ1) is 15.1. The second-order valence-corrected chi connectivity index (χ2v) is 7.32. The molecule has 32 heavy (non-hydrogen) atoms. The Labute approximate surface area is 183 Å². The van der Waals surface area contributed by atoms with Crippen molar-refractivity contribution in [2.24, 2.45) is 0 Å². The van der Waals surface area contributed by atoms with Crippen molar-refractivity contribution in [2.75, 3.05) is 45.4 Å². The van der Waals surface area contributed by atoms with Crippen LogP contribution in [-0.2, 0) is 19.1 Å². The van der Waals surface area contributed by atoms with E-state index in [4.69, 9.17) is 24.1 Å². The molecule has 2 fully saturated rings. The summed E-state index contributed by atoms with van der Waals surface area (Å²) in [6, 6.07) is 1.85. The standard InChI is InChI=1S/C17H26N4O4.C2HF3O2/c1-23-10-7-18-16(22)13-3-4-17(25-13)5-8-21(9-6-17)14-11-15(24-2)20-12-19-14;3-2(4,5)1(6)7/h11-13H,3-10H2,1-2H3,(H,18,22);(H,6,7). The number of nitrogens with one attached hydrogen (secondary N) is 1. The number of ether oxygens (including phenoxy) is 3. The highest BCUT2D eigenvalue weighted by Crippen LogP contribution is 2.39. The number of piperidine rings is 1. The van der Waals surface area contributed by atoms with Crippen LogP contribution in [0.2, 0.25) is 0 Å². The molecule has 1 aromatic heterocycles. The number of hydrogen-bond acceptors (Lipinski definition) is 8. The minimum Gasteiger partial charge on any atom is -0.481 e. The Morgan fingerprint density at radius 3 is 2.50 bits per heavy atom. The highest BCUT2D eigenvalue weighted by Gasteiger charge is 2.44. The van der Waals surface area contributed by atoms with Crippen molar-refractivity contribution < 1.29 is 42.1 Å². The van der Waals surface area contributed by atoms with Crippen molar-refractivity contribution in [3.8, 4) is 5.88 Å². The maximum absolute atomic E-state index is 12.2. The van der Waals surface area contributed by atoms with Crippen LogP contribution in [0.3, 0.4) is 0 Å². The summed E-state index contributed by atoms with van der Waals surface area (Å²) in [7, 11) is 3.22. The maximum Gasteiger partial charge on any atom is 0.490 e. The first-order valence-electron chi connectivity index (χ1n) is 9.96. The molecule has 1 spiro atoms. The number of rotatable bonds is 6. The van der Waals surface area contributed by atoms with Gasteiger partial charge in [0.25, 0.3) is 0 Å². The van der Waals surface area contributed by atoms with E-state index in [2.05, 4.69) is 20.2 Å². The quantitative estimate of drug-likeness (QED) is 0.602. The van der Waals surface area contributed by atoms with Gasteiger partial charge in [-0.05, 0) is 25.7 Å². The van der Waals surface area contributed by atoms with E-state index in [0.717, 1.165) is 44.6 Å². The molecule has 0 aliphatic carbocycles. The van der Waals surface area contributed by atoms with Gasteiger partial charge in [0.05, 0.1) is 19.3 Å². The van der Waals surface area contributed by atoms with Crippen molar-refractivity contribution in [1.82, 2.24) is 15.3 Å². The fourth-order valence-electron chi connectivity index (χ4n) is 3.51. The summed E-state index contributed by atoms with van der Waals surface area (Å²) < 4.78 is 48.0. The molecule has 2 N–H and O–H groups in total. The van der Waals surface area contributed by atoms with Crippen LogP contribution >= 0.6 is 0 Å². The number of carboxylic acid groups (broad SMARTS) is 1. The van der Waals surface area contributed by atoms with Gasteiger partial charge in [0.2, 0.25) is 11.8 Å². The molecule has 180 valence electrons. The topological polar surface area (TPSA) is 123 Å². The molecule has 0 bridgehead atoms. The normalized spacial score (nSPS) is 19.8. The van der Waals surface area contributed by atoms with Crippen molar-refractivity contribution in [3.05, 3.63) is 12.4 Å². The molecule has 0 aromatic carbocycles. The third-order valence-electron chi connectivity index (χ3n) is 5.23. The highest BCUT2D eigenvalue weighted by molar-refractivity contribution is 5.81. The predicted molar refractivity (Wildman–Crippen MR) is 105 cm³/mol. The van der Waals surface area contributed by atoms with E-state index < -0.39 is 12.1 Å². The molecule has 2 aliphatic rings. The third kappa shape index (κ3) is 7.19. The van der Waals surface area contributed by atoms with Crippen LogP contribution < -0.4 is 15.0 Å². The number of aliphatic carboxylic acids is 1. The van der Waals surface area contributed by atoms with Crippen molar-refractivity contribution >= 4 is 17.7 Å². The van der Waals surface area contributed by atoms with Crippen molar-refractivity contribution in [3.63, 3.8) is 0 Å². The molecule has 1 aromatic rings. The summed E-state index contributed by atoms with van der Waals surface area (Å²) in [4.78, 5) is 31.7. The number of nitrogens with zero attached hydrogens (tertiary/aromatic N) is 3. The summed E-state index contributed by atoms with van der Waals surface area (Å²) >= 11 is 0. The molecule has 1 unspecified atom stereocenters. The number of carbonyl (C=O) groups is 2. The van der Waals surface area contributed by atoms with Gasteiger partial charge in [-0.25, -0.2) is 14.8 Å². The largest absolute Gasteiger partial charge is 0.490 e. The summed E-state index contributed by atoms with van der Waals surface area (Å²) in [6.45, 7) is 2.73. The monoisotopic (exact) mass is 464 g/mol. The molecule has 2 aliphatic heterocycles. The zero-order valence-corrected chi connectivity index (χ0v) is 17.9. The molecule has 1 amide bonds. The number of methoxy groups -OCH3 is 2. The van der Waals surface area contributed by atoms with E-state index in [-0.39, 0.29) is 17.6 Å². The Morgan fingerprint density at radius 2 is 1.94 bits per heavy atom. The van der Waals surface area contributed by atoms with Crippen LogP contribution in [0.25, 0.3) is 0 Å². The van der Waals surface area contributed by atoms with Crippen LogP contribution in [-0.4, -0.2) is 85.3 Å². The first-order valence-corrected chi connectivity index (χ1v) is 9.96. The van der Waals surface area contributed by atoms with Crippen molar-refractivity contribution in [2.45, 2.75) is 43.6 Å². The molecule has 0 saturated carbocycles. The molecule has 10 nitrogen and oxygen atoms in total. The van der Waals surface area contributed by atoms with E-state index in [1.165, 1.54) is 6.33 Å². The van der Waals surface area contributed by atoms with Crippen LogP contribution in [0.15, 0.2) is 12.4 Å². The molecule has 2 saturated heterocycles. The highest BCUT2D eigenvalue weighted by atomic mass is 19.4. The second-order valence-electron chi connectivity index (χ2n) is 7.32. The zero-order valence-electron chi connectivity index (χ0n) is 17.9. The lowest BCUT2D eigenvalue weighted by atomic mass is 9.88. The summed E-state index contributed by atoms with van der Waals surface area (Å²) in [5.41, 5.74) is -0.184. The van der Waals surface area contributed by atoms with Gasteiger partial charge in [0.15, 0.2) is 0 Å². The Balaban J connectivity index is 0.000000451. The van der Waals surface area contributed by atoms with Gasteiger partial charge in [-0.3, -0.25) is 4.79 Å². The average Bonchev–Trinajstić information content (AvgIpc) is 3.18. The van der Waals surface area contributed by atoms with Gasteiger partial charge in [0.1, 0.15) is 18.2 Å². The van der Waals surface area contributed by atoms with Crippen LogP contribution in [0, 0.1) is 0 Å². The Kier molecular flexibility index (Phi) is 9.01. The summed E-state index contributed by atoms with van der Waals surface area (Å²) in [5.74, 6) is -1.35. The lowest BCUT2D eigenvalue weighted by Gasteiger charge is -2.39. The Morgan fingerprint density at radius 1 is 1.28 bits per heavy atom. The van der Waals surface area contributed by atoms with E-state index >= 15 is 0 Å². The fraction of sp³-hybridized carbons (Fsp3) is 0.684. The lowest BCUT2D eigenvalue weighted by Crippen LogP contribution is -2.46. The Hall–Kier alpha value is -2.67. The number of carboxylic acids is 1. The van der Waals surface area contributed by atoms with E-state index in [0.29, 0.717) is 19.0 Å². The number of alkyl halides is 3. The SMILES string of the molecule is COCCNC(=O)C1CCC2(CCN(c3cc(OC)ncn3)CC2)O1.O=C(O)C(F)(F)F. The number of amides is 1. The van der Waals surface area contributed by atoms with Crippen LogP contribution in [0.5, 0.6) is 5.88 Å². The maximum atomic E-state index is 12.2. The molecule has 3 heterocycles. The van der Waals surface area contributed by atoms with Gasteiger partial charge < -0.3 is 29.5 Å². The van der Waals surface area contributed by atoms with Gasteiger partial charge >= 0.3 is 12.1 Å². The molecule has 3 rings (SSSR count). The van der Waals surface area contributed by atoms with Gasteiger partial charge in [0, 0.05) is 32.8 Å². The molecule has 0 radical (unpaired) electrons. The average molecular weight is 464 g/mol. The second kappa shape index (κ2) is 11.3. The van der Waals surface area contributed by atoms with Gasteiger partial charge in [-0.1, -0.05) is 0 Å². The van der Waals surface area contributed by atoms with Crippen molar-refractivity contribution in [1.29, 1.82) is 0 Å². The summed E-state index contributed by atoms with van der Waals surface area (Å²) in [6.07, 6.45) is -0.424. The zero-order chi connectivity index (χ0) is 23.8. The fourth-order valence-corrected chi connectivity index (χ4v) is 3.51. The van der Waals surface area contributed by atoms with E-state index in [9.17, 15) is 18.0 Å². The number of carbonyl (C=O) groups excluding carboxylic acids is 1. The summed E-state index contributed by atoms with van der Waals surface area (Å²) in [5, 5.41) is 9.99. The Bertz CT molecular complexity index is 772. The molecule has 13 heteroatoms. The molecular weight excluding hydrogens is 437 g/mol. The van der Waals surface area contributed by atoms with Gasteiger partial charge in [-0.2, -0.15) is 13.2 Å². The van der Waals surface area contributed by atoms with Gasteiger partial charge in [-0.15, -0.1) is 0 Å². The minimum absolute atomic E-state index is 0.0307. The van der Waals surface area contributed by atoms with E-state index in [1.54, 1.807) is 14.2 Å². The van der Waals surface area contributed by atoms with Crippen LogP contribution in [0.1, 0.15) is 25.7 Å². The first kappa shape index (κ1) is 25.6. The molecule has 1 atom stereocenters. The molecular formula is C19H27F3N4O6. The third-order valence-corrected chi connectivity index (χ3v) is 5.23. The van der Waals surface area contributed by atoms with Crippen LogP contribution in [0.4, 0.5) is 19.0 Å². The predicted octanol–water partition coefficient (Wildman–Crippen LogP) is 1.40. The number of hydrogen-bond donors (Lipinski definition) is 2. The lowest BCUT2D eigenvalue weighted by molar-refractivity contribution is -0.192.